The smallest absolute Gasteiger partial charge is 0.311 e. The van der Waals surface area contributed by atoms with Gasteiger partial charge in [-0.3, -0.25) is 4.79 Å². The van der Waals surface area contributed by atoms with Crippen LogP contribution in [0.25, 0.3) is 0 Å². The summed E-state index contributed by atoms with van der Waals surface area (Å²) >= 11 is 0. The van der Waals surface area contributed by atoms with E-state index in [-0.39, 0.29) is 11.4 Å². The van der Waals surface area contributed by atoms with Crippen molar-refractivity contribution in [3.63, 3.8) is 0 Å². The highest BCUT2D eigenvalue weighted by Crippen LogP contribution is 2.28. The summed E-state index contributed by atoms with van der Waals surface area (Å²) in [6.45, 7) is 8.53. The monoisotopic (exact) mass is 213 g/mol. The molecule has 3 nitrogen and oxygen atoms in total. The topological polar surface area (TPSA) is 38.3 Å². The zero-order valence-electron chi connectivity index (χ0n) is 10.1. The van der Waals surface area contributed by atoms with Gasteiger partial charge in [0.05, 0.1) is 12.0 Å². The number of nitrogens with one attached hydrogen (secondary N) is 1. The Morgan fingerprint density at radius 1 is 1.53 bits per heavy atom. The van der Waals surface area contributed by atoms with E-state index in [0.717, 1.165) is 31.8 Å². The Morgan fingerprint density at radius 3 is 2.80 bits per heavy atom. The van der Waals surface area contributed by atoms with E-state index in [9.17, 15) is 4.79 Å². The molecular weight excluding hydrogens is 190 g/mol. The van der Waals surface area contributed by atoms with Crippen LogP contribution in [0.4, 0.5) is 0 Å². The Labute approximate surface area is 92.6 Å². The molecule has 1 heterocycles. The lowest BCUT2D eigenvalue weighted by atomic mass is 9.84. The third-order valence-electron chi connectivity index (χ3n) is 3.17. The molecule has 1 fully saturated rings. The molecule has 88 valence electrons. The fourth-order valence-electron chi connectivity index (χ4n) is 1.95. The first-order valence-corrected chi connectivity index (χ1v) is 5.94. The standard InChI is InChI=1S/C12H23NO2/c1-4-15-11(14)12(2,3)7-5-10-6-8-13-9-10/h10,13H,4-9H2,1-3H3. The summed E-state index contributed by atoms with van der Waals surface area (Å²) in [4.78, 5) is 11.6. The van der Waals surface area contributed by atoms with Gasteiger partial charge in [-0.05, 0) is 59.0 Å². The van der Waals surface area contributed by atoms with Gasteiger partial charge < -0.3 is 10.1 Å². The molecule has 15 heavy (non-hydrogen) atoms. The molecule has 1 unspecified atom stereocenters. The number of carbonyl (C=O) groups is 1. The Kier molecular flexibility index (Phi) is 4.58. The van der Waals surface area contributed by atoms with E-state index in [1.165, 1.54) is 6.42 Å². The highest BCUT2D eigenvalue weighted by molar-refractivity contribution is 5.75. The third-order valence-corrected chi connectivity index (χ3v) is 3.17. The van der Waals surface area contributed by atoms with Gasteiger partial charge in [0, 0.05) is 0 Å². The number of rotatable bonds is 5. The molecule has 0 aliphatic carbocycles. The van der Waals surface area contributed by atoms with Crippen molar-refractivity contribution in [2.45, 2.75) is 40.0 Å². The van der Waals surface area contributed by atoms with E-state index in [1.807, 2.05) is 20.8 Å². The number of hydrogen-bond acceptors (Lipinski definition) is 3. The molecule has 0 aromatic heterocycles. The van der Waals surface area contributed by atoms with Crippen molar-refractivity contribution in [2.75, 3.05) is 19.7 Å². The van der Waals surface area contributed by atoms with Gasteiger partial charge in [0.25, 0.3) is 0 Å². The largest absolute Gasteiger partial charge is 0.466 e. The first-order valence-electron chi connectivity index (χ1n) is 5.94. The second-order valence-electron chi connectivity index (χ2n) is 5.00. The van der Waals surface area contributed by atoms with Crippen LogP contribution >= 0.6 is 0 Å². The van der Waals surface area contributed by atoms with Gasteiger partial charge in [0.1, 0.15) is 0 Å². The van der Waals surface area contributed by atoms with Crippen molar-refractivity contribution in [1.29, 1.82) is 0 Å². The number of hydrogen-bond donors (Lipinski definition) is 1. The summed E-state index contributed by atoms with van der Waals surface area (Å²) in [6.07, 6.45) is 3.30. The van der Waals surface area contributed by atoms with Crippen LogP contribution in [0.1, 0.15) is 40.0 Å². The van der Waals surface area contributed by atoms with Crippen molar-refractivity contribution >= 4 is 5.97 Å². The van der Waals surface area contributed by atoms with Crippen LogP contribution in [0.3, 0.4) is 0 Å². The molecule has 1 N–H and O–H groups in total. The molecule has 0 amide bonds. The first-order chi connectivity index (χ1) is 7.06. The molecule has 0 bridgehead atoms. The summed E-state index contributed by atoms with van der Waals surface area (Å²) in [6, 6.07) is 0. The van der Waals surface area contributed by atoms with Gasteiger partial charge in [-0.25, -0.2) is 0 Å². The first kappa shape index (κ1) is 12.5. The Bertz CT molecular complexity index is 208. The molecule has 0 aromatic carbocycles. The van der Waals surface area contributed by atoms with Crippen molar-refractivity contribution < 1.29 is 9.53 Å². The minimum absolute atomic E-state index is 0.0593. The van der Waals surface area contributed by atoms with Crippen molar-refractivity contribution in [2.24, 2.45) is 11.3 Å². The highest BCUT2D eigenvalue weighted by Gasteiger charge is 2.30. The van der Waals surface area contributed by atoms with Crippen LogP contribution in [-0.4, -0.2) is 25.7 Å². The van der Waals surface area contributed by atoms with Crippen LogP contribution in [0.5, 0.6) is 0 Å². The Hall–Kier alpha value is -0.570. The molecule has 1 saturated heterocycles. The zero-order valence-corrected chi connectivity index (χ0v) is 10.1. The maximum Gasteiger partial charge on any atom is 0.311 e. The summed E-state index contributed by atoms with van der Waals surface area (Å²) in [5, 5.41) is 3.35. The maximum atomic E-state index is 11.6. The van der Waals surface area contributed by atoms with Gasteiger partial charge >= 0.3 is 5.97 Å². The summed E-state index contributed by atoms with van der Waals surface area (Å²) in [5.41, 5.74) is -0.321. The van der Waals surface area contributed by atoms with Crippen LogP contribution < -0.4 is 5.32 Å². The molecule has 0 saturated carbocycles. The van der Waals surface area contributed by atoms with E-state index in [1.54, 1.807) is 0 Å². The molecule has 0 spiro atoms. The second-order valence-corrected chi connectivity index (χ2v) is 5.00. The van der Waals surface area contributed by atoms with E-state index in [0.29, 0.717) is 6.61 Å². The zero-order chi connectivity index (χ0) is 11.3. The summed E-state index contributed by atoms with van der Waals surface area (Å²) < 4.78 is 5.07. The third kappa shape index (κ3) is 3.82. The Morgan fingerprint density at radius 2 is 2.27 bits per heavy atom. The minimum atomic E-state index is -0.321. The normalized spacial score (nSPS) is 21.7. The fraction of sp³-hybridized carbons (Fsp3) is 0.917. The van der Waals surface area contributed by atoms with Crippen molar-refractivity contribution in [1.82, 2.24) is 5.32 Å². The number of esters is 1. The van der Waals surface area contributed by atoms with Gasteiger partial charge in [-0.1, -0.05) is 0 Å². The van der Waals surface area contributed by atoms with Crippen LogP contribution in [0.15, 0.2) is 0 Å². The second kappa shape index (κ2) is 5.50. The van der Waals surface area contributed by atoms with E-state index in [2.05, 4.69) is 5.32 Å². The summed E-state index contributed by atoms with van der Waals surface area (Å²) in [7, 11) is 0. The number of carbonyl (C=O) groups excluding carboxylic acids is 1. The lowest BCUT2D eigenvalue weighted by Crippen LogP contribution is -2.27. The highest BCUT2D eigenvalue weighted by atomic mass is 16.5. The van der Waals surface area contributed by atoms with Crippen LogP contribution in [0, 0.1) is 11.3 Å². The quantitative estimate of drug-likeness (QED) is 0.710. The SMILES string of the molecule is CCOC(=O)C(C)(C)CCC1CCNC1. The molecular formula is C12H23NO2. The molecule has 1 rings (SSSR count). The molecule has 0 aromatic rings. The fourth-order valence-corrected chi connectivity index (χ4v) is 1.95. The van der Waals surface area contributed by atoms with Crippen molar-refractivity contribution in [3.05, 3.63) is 0 Å². The predicted octanol–water partition coefficient (Wildman–Crippen LogP) is 1.97. The molecule has 0 radical (unpaired) electrons. The molecule has 3 heteroatoms. The lowest BCUT2D eigenvalue weighted by molar-refractivity contribution is -0.153. The maximum absolute atomic E-state index is 11.6. The van der Waals surface area contributed by atoms with Gasteiger partial charge in [-0.15, -0.1) is 0 Å². The molecule has 1 aliphatic rings. The van der Waals surface area contributed by atoms with E-state index < -0.39 is 0 Å². The van der Waals surface area contributed by atoms with Crippen LogP contribution in [-0.2, 0) is 9.53 Å². The van der Waals surface area contributed by atoms with Gasteiger partial charge in [-0.2, -0.15) is 0 Å². The predicted molar refractivity (Wildman–Crippen MR) is 60.6 cm³/mol. The average molecular weight is 213 g/mol. The molecule has 1 atom stereocenters. The number of ether oxygens (including phenoxy) is 1. The van der Waals surface area contributed by atoms with E-state index >= 15 is 0 Å². The van der Waals surface area contributed by atoms with Crippen molar-refractivity contribution in [3.8, 4) is 0 Å². The van der Waals surface area contributed by atoms with Crippen LogP contribution in [0.2, 0.25) is 0 Å². The van der Waals surface area contributed by atoms with E-state index in [4.69, 9.17) is 4.74 Å². The lowest BCUT2D eigenvalue weighted by Gasteiger charge is -2.23. The average Bonchev–Trinajstić information content (AvgIpc) is 2.68. The molecule has 1 aliphatic heterocycles. The van der Waals surface area contributed by atoms with Gasteiger partial charge in [0.15, 0.2) is 0 Å². The summed E-state index contributed by atoms with van der Waals surface area (Å²) in [5.74, 6) is 0.689. The Balaban J connectivity index is 2.30. The van der Waals surface area contributed by atoms with Gasteiger partial charge in [0.2, 0.25) is 0 Å². The minimum Gasteiger partial charge on any atom is -0.466 e.